The van der Waals surface area contributed by atoms with Gasteiger partial charge in [-0.1, -0.05) is 56.6 Å². The third-order valence-electron chi connectivity index (χ3n) is 11.4. The van der Waals surface area contributed by atoms with Gasteiger partial charge in [-0.15, -0.1) is 11.3 Å². The molecule has 0 spiro atoms. The Morgan fingerprint density at radius 2 is 1.70 bits per heavy atom. The van der Waals surface area contributed by atoms with E-state index >= 15 is 0 Å². The van der Waals surface area contributed by atoms with Crippen LogP contribution in [0.5, 0.6) is 5.75 Å². The van der Waals surface area contributed by atoms with Crippen molar-refractivity contribution in [2.45, 2.75) is 97.8 Å². The lowest BCUT2D eigenvalue weighted by Crippen LogP contribution is -2.58. The number of benzene rings is 2. The number of rotatable bonds is 20. The van der Waals surface area contributed by atoms with E-state index in [9.17, 15) is 24.4 Å². The van der Waals surface area contributed by atoms with E-state index in [1.54, 1.807) is 35.0 Å². The molecule has 0 bridgehead atoms. The first-order valence-electron chi connectivity index (χ1n) is 22.0. The lowest BCUT2D eigenvalue weighted by molar-refractivity contribution is -0.144. The van der Waals surface area contributed by atoms with Gasteiger partial charge in [0, 0.05) is 38.6 Å². The molecule has 350 valence electrons. The van der Waals surface area contributed by atoms with Crippen LogP contribution in [0.25, 0.3) is 10.4 Å². The highest BCUT2D eigenvalue weighted by molar-refractivity contribution is 7.81. The summed E-state index contributed by atoms with van der Waals surface area (Å²) in [4.78, 5) is 68.0. The first-order valence-corrected chi connectivity index (χ1v) is 23.7. The number of nitriles is 1. The normalized spacial score (nSPS) is 16.3. The Morgan fingerprint density at radius 1 is 1.00 bits per heavy atom. The Kier molecular flexibility index (Phi) is 16.9. The molecule has 2 N–H and O–H groups in total. The molecular weight excluding hydrogens is 900 g/mol. The number of aryl methyl sites for hydroxylation is 1. The topological polar surface area (TPSA) is 179 Å². The molecule has 18 heteroatoms. The summed E-state index contributed by atoms with van der Waals surface area (Å²) in [6.45, 7) is 13.6. The molecule has 1 unspecified atom stereocenters. The summed E-state index contributed by atoms with van der Waals surface area (Å²) in [5, 5.41) is 15.5. The number of carbonyl (C=O) groups excluding carboxylic acids is 4. The van der Waals surface area contributed by atoms with Crippen molar-refractivity contribution < 1.29 is 33.4 Å². The minimum Gasteiger partial charge on any atom is -0.494 e. The maximum absolute atomic E-state index is 13.9. The van der Waals surface area contributed by atoms with Gasteiger partial charge in [-0.3, -0.25) is 24.1 Å². The minimum absolute atomic E-state index is 0.0659. The number of thiocarbonyl (C=S) groups is 1. The lowest BCUT2D eigenvalue weighted by Gasteiger charge is -2.35. The molecule has 2 aromatic carbocycles. The number of amides is 4. The Morgan fingerprint density at radius 3 is 2.36 bits per heavy atom. The number of pyridine rings is 1. The average Bonchev–Trinajstić information content (AvgIpc) is 4.00. The third-order valence-corrected chi connectivity index (χ3v) is 13.0. The van der Waals surface area contributed by atoms with E-state index in [2.05, 4.69) is 20.6 Å². The second kappa shape index (κ2) is 22.3. The maximum Gasteiger partial charge on any atom is 0.259 e. The zero-order valence-corrected chi connectivity index (χ0v) is 40.6. The lowest BCUT2D eigenvalue weighted by atomic mass is 9.85. The first-order chi connectivity index (χ1) is 31.5. The fourth-order valence-electron chi connectivity index (χ4n) is 7.79. The number of ether oxygens (including phenoxy) is 3. The first kappa shape index (κ1) is 49.9. The van der Waals surface area contributed by atoms with Gasteiger partial charge < -0.3 is 34.6 Å². The number of likely N-dealkylation sites (tertiary alicyclic amines) is 1. The van der Waals surface area contributed by atoms with Crippen LogP contribution in [0.2, 0.25) is 5.02 Å². The van der Waals surface area contributed by atoms with Crippen LogP contribution in [0.1, 0.15) is 83.7 Å². The zero-order valence-electron chi connectivity index (χ0n) is 38.2. The number of thiazole rings is 1. The van der Waals surface area contributed by atoms with Crippen molar-refractivity contribution in [2.24, 2.45) is 5.41 Å². The largest absolute Gasteiger partial charge is 0.494 e. The summed E-state index contributed by atoms with van der Waals surface area (Å²) in [5.74, 6) is -0.462. The standard InChI is InChI=1S/C48H57ClN8O7S2/c1-31-41(66-30-53-31)33-14-12-32(13-15-33)27-52-43(59)39-11-9-20-55(39)44(60)42(47(2,3)4)54-40(58)29-63-23-10-22-62-21-7-8-24-64-36-18-16-34(17-19-36)57-46(65)56(45(61)48(57,5)6)35-25-37(49)38(26-50)51-28-35/h12-19,25,28,30,39,42H,7-11,20-24,27,29H2,1-6H3,(H,52,59)(H,54,58)/t39-,42?/m0/s1. The number of nitrogens with zero attached hydrogens (tertiary/aromatic N) is 6. The molecule has 2 fully saturated rings. The molecule has 0 saturated carbocycles. The minimum atomic E-state index is -0.989. The van der Waals surface area contributed by atoms with E-state index in [1.165, 1.54) is 17.2 Å². The summed E-state index contributed by atoms with van der Waals surface area (Å²) in [5.41, 5.74) is 4.43. The van der Waals surface area contributed by atoms with Crippen LogP contribution in [0.3, 0.4) is 0 Å². The molecule has 15 nitrogen and oxygen atoms in total. The molecule has 2 aliphatic rings. The molecule has 2 atom stereocenters. The van der Waals surface area contributed by atoms with Crippen LogP contribution >= 0.6 is 35.2 Å². The Balaban J connectivity index is 0.846. The molecule has 2 saturated heterocycles. The number of unbranched alkanes of at least 4 members (excludes halogenated alkanes) is 1. The van der Waals surface area contributed by atoms with Crippen LogP contribution in [0, 0.1) is 23.7 Å². The van der Waals surface area contributed by atoms with Gasteiger partial charge in [0.2, 0.25) is 17.7 Å². The number of halogens is 1. The molecule has 2 aliphatic heterocycles. The number of anilines is 2. The van der Waals surface area contributed by atoms with Crippen molar-refractivity contribution >= 4 is 75.3 Å². The number of nitrogens with one attached hydrogen (secondary N) is 2. The fraction of sp³-hybridized carbons (Fsp3) is 0.458. The van der Waals surface area contributed by atoms with E-state index in [-0.39, 0.29) is 40.2 Å². The van der Waals surface area contributed by atoms with Gasteiger partial charge >= 0.3 is 0 Å². The van der Waals surface area contributed by atoms with Gasteiger partial charge in [0.05, 0.1) is 39.6 Å². The fourth-order valence-corrected chi connectivity index (χ4v) is 9.32. The maximum atomic E-state index is 13.9. The summed E-state index contributed by atoms with van der Waals surface area (Å²) >= 11 is 13.5. The number of carbonyl (C=O) groups is 4. The van der Waals surface area contributed by atoms with Gasteiger partial charge in [-0.2, -0.15) is 5.26 Å². The van der Waals surface area contributed by atoms with Crippen LogP contribution in [-0.2, 0) is 35.2 Å². The average molecular weight is 958 g/mol. The molecule has 4 amide bonds. The molecule has 4 aromatic rings. The molecule has 0 aliphatic carbocycles. The van der Waals surface area contributed by atoms with Crippen molar-refractivity contribution in [3.8, 4) is 22.3 Å². The number of hydrogen-bond acceptors (Lipinski definition) is 12. The van der Waals surface area contributed by atoms with Gasteiger partial charge in [0.15, 0.2) is 10.8 Å². The van der Waals surface area contributed by atoms with Crippen LogP contribution in [-0.4, -0.2) is 101 Å². The summed E-state index contributed by atoms with van der Waals surface area (Å²) in [6.07, 6.45) is 4.81. The molecule has 66 heavy (non-hydrogen) atoms. The van der Waals surface area contributed by atoms with Gasteiger partial charge in [0.25, 0.3) is 5.91 Å². The predicted octanol–water partition coefficient (Wildman–Crippen LogP) is 7.38. The number of aromatic nitrogens is 2. The SMILES string of the molecule is Cc1ncsc1-c1ccc(CNC(=O)[C@@H]2CCCN2C(=O)C(NC(=O)COCCCOCCCCOc2ccc(N3C(=S)N(c4cnc(C#N)c(Cl)c4)C(=O)C3(C)C)cc2)C(C)(C)C)cc1. The van der Waals surface area contributed by atoms with Gasteiger partial charge in [-0.05, 0) is 112 Å². The molecule has 0 radical (unpaired) electrons. The molecule has 2 aromatic heterocycles. The Labute approximate surface area is 400 Å². The summed E-state index contributed by atoms with van der Waals surface area (Å²) in [6, 6.07) is 17.4. The summed E-state index contributed by atoms with van der Waals surface area (Å²) < 4.78 is 17.3. The highest BCUT2D eigenvalue weighted by atomic mass is 35.5. The van der Waals surface area contributed by atoms with Crippen molar-refractivity contribution in [1.29, 1.82) is 5.26 Å². The molecular formula is C48H57ClN8O7S2. The van der Waals surface area contributed by atoms with Crippen LogP contribution < -0.4 is 25.2 Å². The van der Waals surface area contributed by atoms with Gasteiger partial charge in [0.1, 0.15) is 36.0 Å². The quantitative estimate of drug-likeness (QED) is 0.0665. The van der Waals surface area contributed by atoms with E-state index < -0.39 is 28.9 Å². The van der Waals surface area contributed by atoms with E-state index in [4.69, 9.17) is 38.0 Å². The highest BCUT2D eigenvalue weighted by Crippen LogP contribution is 2.38. The molecule has 4 heterocycles. The van der Waals surface area contributed by atoms with Crippen LogP contribution in [0.15, 0.2) is 66.3 Å². The smallest absolute Gasteiger partial charge is 0.259 e. The van der Waals surface area contributed by atoms with Crippen molar-refractivity contribution in [3.63, 3.8) is 0 Å². The number of hydrogen-bond donors (Lipinski definition) is 2. The van der Waals surface area contributed by atoms with E-state index in [1.807, 2.05) is 87.8 Å². The van der Waals surface area contributed by atoms with Crippen molar-refractivity contribution in [3.05, 3.63) is 88.3 Å². The molecule has 6 rings (SSSR count). The Bertz CT molecular complexity index is 2420. The Hall–Kier alpha value is -5.51. The van der Waals surface area contributed by atoms with Crippen LogP contribution in [0.4, 0.5) is 11.4 Å². The van der Waals surface area contributed by atoms with Crippen molar-refractivity contribution in [2.75, 3.05) is 49.4 Å². The third kappa shape index (κ3) is 12.1. The van der Waals surface area contributed by atoms with Crippen molar-refractivity contribution in [1.82, 2.24) is 25.5 Å². The predicted molar refractivity (Wildman–Crippen MR) is 258 cm³/mol. The van der Waals surface area contributed by atoms with E-state index in [0.29, 0.717) is 75.9 Å². The highest BCUT2D eigenvalue weighted by Gasteiger charge is 2.50. The van der Waals surface area contributed by atoms with Gasteiger partial charge in [-0.25, -0.2) is 9.97 Å². The second-order valence-corrected chi connectivity index (χ2v) is 19.4. The zero-order chi connectivity index (χ0) is 47.6. The second-order valence-electron chi connectivity index (χ2n) is 17.8. The summed E-state index contributed by atoms with van der Waals surface area (Å²) in [7, 11) is 0. The van der Waals surface area contributed by atoms with E-state index in [0.717, 1.165) is 34.5 Å². The monoisotopic (exact) mass is 956 g/mol.